The second-order valence-corrected chi connectivity index (χ2v) is 11.9. The highest BCUT2D eigenvalue weighted by Crippen LogP contribution is 2.45. The van der Waals surface area contributed by atoms with Crippen molar-refractivity contribution in [1.29, 1.82) is 5.26 Å². The lowest BCUT2D eigenvalue weighted by Gasteiger charge is -2.32. The van der Waals surface area contributed by atoms with Gasteiger partial charge in [0, 0.05) is 17.6 Å². The number of piperidine rings is 1. The molecule has 4 rings (SSSR count). The maximum atomic E-state index is 14.8. The third kappa shape index (κ3) is 6.75. The van der Waals surface area contributed by atoms with E-state index in [0.29, 0.717) is 28.9 Å². The van der Waals surface area contributed by atoms with Crippen LogP contribution in [0.1, 0.15) is 65.6 Å². The van der Waals surface area contributed by atoms with E-state index in [1.807, 2.05) is 16.9 Å². The maximum Gasteiger partial charge on any atom is 0.267 e. The molecule has 1 heterocycles. The molecule has 0 bridgehead atoms. The summed E-state index contributed by atoms with van der Waals surface area (Å²) in [6, 6.07) is 10.2. The van der Waals surface area contributed by atoms with E-state index in [2.05, 4.69) is 11.0 Å². The van der Waals surface area contributed by atoms with Crippen LogP contribution in [0.3, 0.4) is 0 Å². The van der Waals surface area contributed by atoms with Crippen molar-refractivity contribution in [3.63, 3.8) is 0 Å². The van der Waals surface area contributed by atoms with Crippen LogP contribution in [-0.2, 0) is 16.6 Å². The summed E-state index contributed by atoms with van der Waals surface area (Å²) in [6.45, 7) is 4.31. The highest BCUT2D eigenvalue weighted by Gasteiger charge is 2.30. The van der Waals surface area contributed by atoms with Crippen molar-refractivity contribution in [2.45, 2.75) is 45.1 Å². The molecule has 36 heavy (non-hydrogen) atoms. The number of rotatable bonds is 9. The molecule has 0 radical (unpaired) electrons. The molecule has 2 fully saturated rings. The Bertz CT molecular complexity index is 1280. The van der Waals surface area contributed by atoms with Gasteiger partial charge in [-0.05, 0) is 92.9 Å². The quantitative estimate of drug-likeness (QED) is 0.506. The van der Waals surface area contributed by atoms with Gasteiger partial charge < -0.3 is 4.74 Å². The summed E-state index contributed by atoms with van der Waals surface area (Å²) in [7, 11) is -3.79. The highest BCUT2D eigenvalue weighted by molar-refractivity contribution is 7.90. The van der Waals surface area contributed by atoms with Crippen molar-refractivity contribution in [3.8, 4) is 11.8 Å². The summed E-state index contributed by atoms with van der Waals surface area (Å²) in [5.41, 5.74) is 2.03. The zero-order valence-electron chi connectivity index (χ0n) is 20.1. The molecule has 1 aliphatic carbocycles. The average molecular weight is 534 g/mol. The number of hydrogen-bond acceptors (Lipinski definition) is 6. The predicted octanol–water partition coefficient (Wildman–Crippen LogP) is 4.60. The first-order valence-corrected chi connectivity index (χ1v) is 14.1. The second-order valence-electron chi connectivity index (χ2n) is 9.47. The Kier molecular flexibility index (Phi) is 8.18. The van der Waals surface area contributed by atoms with Gasteiger partial charge in [0.05, 0.1) is 29.6 Å². The number of carbonyl (C=O) groups excluding carboxylic acids is 1. The van der Waals surface area contributed by atoms with E-state index in [0.717, 1.165) is 56.4 Å². The largest absolute Gasteiger partial charge is 0.493 e. The van der Waals surface area contributed by atoms with E-state index >= 15 is 0 Å². The number of nitrogens with one attached hydrogen (secondary N) is 1. The number of sulfonamides is 1. The first-order chi connectivity index (χ1) is 17.2. The van der Waals surface area contributed by atoms with Crippen LogP contribution >= 0.6 is 11.6 Å². The fourth-order valence-electron chi connectivity index (χ4n) is 4.44. The van der Waals surface area contributed by atoms with Gasteiger partial charge in [0.25, 0.3) is 5.91 Å². The van der Waals surface area contributed by atoms with Gasteiger partial charge in [0.2, 0.25) is 10.0 Å². The van der Waals surface area contributed by atoms with E-state index in [9.17, 15) is 17.6 Å². The molecule has 1 saturated heterocycles. The maximum absolute atomic E-state index is 14.8. The summed E-state index contributed by atoms with van der Waals surface area (Å²) in [5, 5.41) is 9.71. The minimum atomic E-state index is -3.79. The van der Waals surface area contributed by atoms with Crippen molar-refractivity contribution < 1.29 is 22.3 Å². The van der Waals surface area contributed by atoms with Gasteiger partial charge in [-0.2, -0.15) is 5.26 Å². The fourth-order valence-corrected chi connectivity index (χ4v) is 5.23. The van der Waals surface area contributed by atoms with Gasteiger partial charge in [-0.1, -0.05) is 11.6 Å². The minimum absolute atomic E-state index is 0.188. The van der Waals surface area contributed by atoms with Crippen LogP contribution in [0.15, 0.2) is 30.3 Å². The van der Waals surface area contributed by atoms with Crippen LogP contribution < -0.4 is 9.46 Å². The zero-order valence-corrected chi connectivity index (χ0v) is 21.7. The normalized spacial score (nSPS) is 16.9. The molecular formula is C26H29ClFN3O4S. The molecular weight excluding hydrogens is 505 g/mol. The number of benzene rings is 2. The van der Waals surface area contributed by atoms with Gasteiger partial charge in [-0.25, -0.2) is 17.5 Å². The Morgan fingerprint density at radius 1 is 1.19 bits per heavy atom. The summed E-state index contributed by atoms with van der Waals surface area (Å²) < 4.78 is 46.2. The van der Waals surface area contributed by atoms with E-state index in [1.54, 1.807) is 6.07 Å². The van der Waals surface area contributed by atoms with Crippen molar-refractivity contribution in [2.75, 3.05) is 25.4 Å². The number of halogens is 2. The van der Waals surface area contributed by atoms with Crippen LogP contribution in [0.5, 0.6) is 5.75 Å². The molecule has 0 unspecified atom stereocenters. The average Bonchev–Trinajstić information content (AvgIpc) is 3.68. The number of nitrogens with zero attached hydrogens (tertiary/aromatic N) is 2. The number of carbonyl (C=O) groups is 1. The van der Waals surface area contributed by atoms with E-state index in [1.165, 1.54) is 19.1 Å². The Balaban J connectivity index is 1.36. The molecule has 10 heteroatoms. The lowest BCUT2D eigenvalue weighted by molar-refractivity contribution is 0.0977. The molecule has 0 aromatic heterocycles. The number of likely N-dealkylation sites (tertiary alicyclic amines) is 1. The molecule has 1 amide bonds. The summed E-state index contributed by atoms with van der Waals surface area (Å²) in [5.74, 6) is -1.11. The molecule has 192 valence electrons. The Labute approximate surface area is 216 Å². The van der Waals surface area contributed by atoms with Gasteiger partial charge >= 0.3 is 0 Å². The molecule has 0 atom stereocenters. The number of nitriles is 1. The Morgan fingerprint density at radius 3 is 2.56 bits per heavy atom. The van der Waals surface area contributed by atoms with Crippen molar-refractivity contribution in [1.82, 2.24) is 9.62 Å². The zero-order chi connectivity index (χ0) is 25.9. The van der Waals surface area contributed by atoms with E-state index in [-0.39, 0.29) is 17.2 Å². The van der Waals surface area contributed by atoms with Gasteiger partial charge in [0.15, 0.2) is 0 Å². The van der Waals surface area contributed by atoms with Gasteiger partial charge in [-0.3, -0.25) is 9.69 Å². The predicted molar refractivity (Wildman–Crippen MR) is 135 cm³/mol. The van der Waals surface area contributed by atoms with Crippen molar-refractivity contribution >= 4 is 27.5 Å². The number of amides is 1. The first kappa shape index (κ1) is 26.4. The second kappa shape index (κ2) is 11.2. The van der Waals surface area contributed by atoms with E-state index < -0.39 is 21.7 Å². The molecule has 2 aromatic carbocycles. The van der Waals surface area contributed by atoms with Crippen LogP contribution in [0.4, 0.5) is 4.39 Å². The van der Waals surface area contributed by atoms with E-state index in [4.69, 9.17) is 21.6 Å². The lowest BCUT2D eigenvalue weighted by atomic mass is 9.97. The van der Waals surface area contributed by atoms with Crippen molar-refractivity contribution in [2.24, 2.45) is 5.92 Å². The monoisotopic (exact) mass is 533 g/mol. The summed E-state index contributed by atoms with van der Waals surface area (Å²) >= 11 is 6.12. The molecule has 1 aliphatic heterocycles. The van der Waals surface area contributed by atoms with Gasteiger partial charge in [0.1, 0.15) is 11.6 Å². The summed E-state index contributed by atoms with van der Waals surface area (Å²) in [6.07, 6.45) is 3.68. The summed E-state index contributed by atoms with van der Waals surface area (Å²) in [4.78, 5) is 14.7. The minimum Gasteiger partial charge on any atom is -0.493 e. The van der Waals surface area contributed by atoms with Crippen LogP contribution in [0.2, 0.25) is 5.02 Å². The lowest BCUT2D eigenvalue weighted by Crippen LogP contribution is -2.35. The molecule has 1 saturated carbocycles. The molecule has 2 aromatic rings. The first-order valence-electron chi connectivity index (χ1n) is 12.1. The van der Waals surface area contributed by atoms with Crippen molar-refractivity contribution in [3.05, 3.63) is 63.4 Å². The fraction of sp³-hybridized carbons (Fsp3) is 0.462. The smallest absolute Gasteiger partial charge is 0.267 e. The molecule has 1 N–H and O–H groups in total. The van der Waals surface area contributed by atoms with Crippen LogP contribution in [0.25, 0.3) is 0 Å². The highest BCUT2D eigenvalue weighted by atomic mass is 35.5. The SMILES string of the molecule is CCS(=O)(=O)NC(=O)c1cc(C2CC2)c(OCC2CCN(Cc3cc(Cl)cc(C#N)c3)CC2)cc1F. The third-order valence-corrected chi connectivity index (χ3v) is 8.14. The molecule has 2 aliphatic rings. The number of hydrogen-bond donors (Lipinski definition) is 1. The topological polar surface area (TPSA) is 99.5 Å². The Hall–Kier alpha value is -2.67. The third-order valence-electron chi connectivity index (χ3n) is 6.66. The molecule has 7 nitrogen and oxygen atoms in total. The van der Waals surface area contributed by atoms with Crippen LogP contribution in [0, 0.1) is 23.1 Å². The van der Waals surface area contributed by atoms with Gasteiger partial charge in [-0.15, -0.1) is 0 Å². The Morgan fingerprint density at radius 2 is 1.92 bits per heavy atom. The number of ether oxygens (including phenoxy) is 1. The molecule has 0 spiro atoms. The van der Waals surface area contributed by atoms with Crippen LogP contribution in [-0.4, -0.2) is 44.7 Å². The standard InChI is InChI=1S/C26H29ClFN3O4S/c1-2-36(33,34)30-26(32)23-12-22(20-3-4-20)25(13-24(23)28)35-16-17-5-7-31(8-6-17)15-19-9-18(14-29)10-21(27)11-19/h9-13,17,20H,2-8,15-16H2,1H3,(H,30,32).